The van der Waals surface area contributed by atoms with Crippen LogP contribution >= 0.6 is 0 Å². The molecule has 0 saturated heterocycles. The van der Waals surface area contributed by atoms with Crippen molar-refractivity contribution in [3.05, 3.63) is 29.8 Å². The van der Waals surface area contributed by atoms with E-state index in [1.807, 2.05) is 31.1 Å². The van der Waals surface area contributed by atoms with Crippen LogP contribution in [-0.4, -0.2) is 25.9 Å². The number of hydrazine groups is 1. The Bertz CT molecular complexity index is 487. The molecule has 0 fully saturated rings. The number of hydrogen-bond acceptors (Lipinski definition) is 3. The number of rotatable bonds is 8. The lowest BCUT2D eigenvalue weighted by atomic mass is 10.1. The van der Waals surface area contributed by atoms with Crippen molar-refractivity contribution in [1.82, 2.24) is 10.9 Å². The molecule has 0 bridgehead atoms. The summed E-state index contributed by atoms with van der Waals surface area (Å²) in [6, 6.07) is 7.25. The van der Waals surface area contributed by atoms with E-state index >= 15 is 0 Å². The minimum Gasteiger partial charge on any atom is -0.378 e. The number of hydrogen-bond donors (Lipinski definition) is 2. The second kappa shape index (κ2) is 9.82. The number of benzene rings is 1. The van der Waals surface area contributed by atoms with Gasteiger partial charge in [-0.15, -0.1) is 0 Å². The van der Waals surface area contributed by atoms with E-state index in [9.17, 15) is 9.59 Å². The Labute approximate surface area is 133 Å². The zero-order valence-corrected chi connectivity index (χ0v) is 13.8. The van der Waals surface area contributed by atoms with Crippen molar-refractivity contribution in [2.24, 2.45) is 0 Å². The second-order valence-electron chi connectivity index (χ2n) is 5.61. The van der Waals surface area contributed by atoms with Crippen LogP contribution in [0, 0.1) is 0 Å². The largest absolute Gasteiger partial charge is 0.378 e. The molecule has 1 aromatic rings. The van der Waals surface area contributed by atoms with E-state index in [2.05, 4.69) is 17.8 Å². The van der Waals surface area contributed by atoms with Crippen molar-refractivity contribution >= 4 is 17.5 Å². The number of amides is 2. The lowest BCUT2D eigenvalue weighted by molar-refractivity contribution is -0.122. The Morgan fingerprint density at radius 1 is 1.05 bits per heavy atom. The maximum atomic E-state index is 12.0. The molecule has 0 spiro atoms. The first-order valence-electron chi connectivity index (χ1n) is 7.91. The molecule has 0 unspecified atom stereocenters. The molecule has 5 nitrogen and oxygen atoms in total. The van der Waals surface area contributed by atoms with Crippen LogP contribution in [0.15, 0.2) is 24.3 Å². The molecule has 0 radical (unpaired) electrons. The van der Waals surface area contributed by atoms with Crippen molar-refractivity contribution in [3.63, 3.8) is 0 Å². The number of nitrogens with zero attached hydrogens (tertiary/aromatic N) is 1. The van der Waals surface area contributed by atoms with Gasteiger partial charge in [0.2, 0.25) is 5.91 Å². The highest BCUT2D eigenvalue weighted by molar-refractivity contribution is 5.96. The maximum absolute atomic E-state index is 12.0. The molecule has 0 aromatic heterocycles. The summed E-state index contributed by atoms with van der Waals surface area (Å²) in [5.41, 5.74) is 6.39. The van der Waals surface area contributed by atoms with Crippen molar-refractivity contribution < 1.29 is 9.59 Å². The van der Waals surface area contributed by atoms with E-state index < -0.39 is 0 Å². The summed E-state index contributed by atoms with van der Waals surface area (Å²) >= 11 is 0. The molecule has 2 amide bonds. The number of unbranched alkanes of at least 4 members (excludes halogenated alkanes) is 4. The van der Waals surface area contributed by atoms with Crippen LogP contribution in [0.25, 0.3) is 0 Å². The van der Waals surface area contributed by atoms with E-state index in [0.717, 1.165) is 24.9 Å². The van der Waals surface area contributed by atoms with Crippen LogP contribution in [0.1, 0.15) is 55.8 Å². The van der Waals surface area contributed by atoms with E-state index in [4.69, 9.17) is 0 Å². The quantitative estimate of drug-likeness (QED) is 0.573. The number of anilines is 1. The van der Waals surface area contributed by atoms with Gasteiger partial charge in [0.25, 0.3) is 5.91 Å². The Hall–Kier alpha value is -2.04. The number of nitrogens with one attached hydrogen (secondary N) is 2. The highest BCUT2D eigenvalue weighted by Gasteiger charge is 2.08. The van der Waals surface area contributed by atoms with E-state index in [1.54, 1.807) is 12.1 Å². The third-order valence-electron chi connectivity index (χ3n) is 3.45. The monoisotopic (exact) mass is 305 g/mol. The average molecular weight is 305 g/mol. The Morgan fingerprint density at radius 3 is 2.45 bits per heavy atom. The summed E-state index contributed by atoms with van der Waals surface area (Å²) in [7, 11) is 3.83. The zero-order valence-electron chi connectivity index (χ0n) is 13.8. The van der Waals surface area contributed by atoms with E-state index in [0.29, 0.717) is 12.0 Å². The fourth-order valence-electron chi connectivity index (χ4n) is 2.08. The van der Waals surface area contributed by atoms with Crippen LogP contribution in [0.3, 0.4) is 0 Å². The van der Waals surface area contributed by atoms with E-state index in [-0.39, 0.29) is 11.8 Å². The van der Waals surface area contributed by atoms with Gasteiger partial charge in [0.1, 0.15) is 0 Å². The molecule has 0 aliphatic heterocycles. The van der Waals surface area contributed by atoms with Crippen molar-refractivity contribution in [3.8, 4) is 0 Å². The zero-order chi connectivity index (χ0) is 16.4. The first-order chi connectivity index (χ1) is 10.5. The summed E-state index contributed by atoms with van der Waals surface area (Å²) in [4.78, 5) is 25.6. The van der Waals surface area contributed by atoms with Crippen molar-refractivity contribution in [2.75, 3.05) is 19.0 Å². The molecule has 1 aromatic carbocycles. The molecule has 0 aliphatic carbocycles. The van der Waals surface area contributed by atoms with Gasteiger partial charge in [-0.1, -0.05) is 38.7 Å². The predicted octanol–water partition coefficient (Wildman–Crippen LogP) is 2.87. The van der Waals surface area contributed by atoms with Gasteiger partial charge >= 0.3 is 0 Å². The summed E-state index contributed by atoms with van der Waals surface area (Å²) in [5, 5.41) is 0. The maximum Gasteiger partial charge on any atom is 0.269 e. The average Bonchev–Trinajstić information content (AvgIpc) is 2.52. The molecular formula is C17H27N3O2. The van der Waals surface area contributed by atoms with Gasteiger partial charge in [0.15, 0.2) is 0 Å². The van der Waals surface area contributed by atoms with Gasteiger partial charge in [-0.2, -0.15) is 0 Å². The third-order valence-corrected chi connectivity index (χ3v) is 3.45. The van der Waals surface area contributed by atoms with Gasteiger partial charge in [0, 0.05) is 31.8 Å². The normalized spacial score (nSPS) is 10.1. The van der Waals surface area contributed by atoms with Gasteiger partial charge in [-0.05, 0) is 24.6 Å². The molecule has 22 heavy (non-hydrogen) atoms. The first-order valence-corrected chi connectivity index (χ1v) is 7.91. The third kappa shape index (κ3) is 6.61. The topological polar surface area (TPSA) is 61.4 Å². The molecule has 0 atom stereocenters. The van der Waals surface area contributed by atoms with Crippen LogP contribution in [-0.2, 0) is 4.79 Å². The molecule has 1 rings (SSSR count). The molecule has 2 N–H and O–H groups in total. The highest BCUT2D eigenvalue weighted by atomic mass is 16.2. The summed E-state index contributed by atoms with van der Waals surface area (Å²) in [6.45, 7) is 2.16. The Kier molecular flexibility index (Phi) is 8.04. The van der Waals surface area contributed by atoms with Crippen LogP contribution in [0.5, 0.6) is 0 Å². The predicted molar refractivity (Wildman–Crippen MR) is 89.8 cm³/mol. The summed E-state index contributed by atoms with van der Waals surface area (Å²) in [5.74, 6) is -0.448. The summed E-state index contributed by atoms with van der Waals surface area (Å²) in [6.07, 6.45) is 5.92. The van der Waals surface area contributed by atoms with Crippen molar-refractivity contribution in [2.45, 2.75) is 45.4 Å². The highest BCUT2D eigenvalue weighted by Crippen LogP contribution is 2.13. The van der Waals surface area contributed by atoms with Crippen LogP contribution in [0.4, 0.5) is 5.69 Å². The Morgan fingerprint density at radius 2 is 1.77 bits per heavy atom. The molecule has 122 valence electrons. The van der Waals surface area contributed by atoms with Crippen molar-refractivity contribution in [1.29, 1.82) is 0 Å². The van der Waals surface area contributed by atoms with Gasteiger partial charge in [-0.3, -0.25) is 20.4 Å². The van der Waals surface area contributed by atoms with Crippen LogP contribution in [0.2, 0.25) is 0 Å². The van der Waals surface area contributed by atoms with Gasteiger partial charge < -0.3 is 4.90 Å². The van der Waals surface area contributed by atoms with E-state index in [1.165, 1.54) is 12.8 Å². The molecule has 5 heteroatoms. The minimum atomic E-state index is -0.303. The van der Waals surface area contributed by atoms with Crippen LogP contribution < -0.4 is 15.8 Å². The Balaban J connectivity index is 2.33. The number of carbonyl (C=O) groups excluding carboxylic acids is 2. The first kappa shape index (κ1) is 18.0. The molecule has 0 heterocycles. The fraction of sp³-hybridized carbons (Fsp3) is 0.529. The number of carbonyl (C=O) groups is 2. The lowest BCUT2D eigenvalue weighted by Gasteiger charge is -2.13. The second-order valence-corrected chi connectivity index (χ2v) is 5.61. The van der Waals surface area contributed by atoms with Gasteiger partial charge in [0.05, 0.1) is 0 Å². The lowest BCUT2D eigenvalue weighted by Crippen LogP contribution is -2.41. The fourth-order valence-corrected chi connectivity index (χ4v) is 2.08. The van der Waals surface area contributed by atoms with Gasteiger partial charge in [-0.25, -0.2) is 0 Å². The molecule has 0 saturated carbocycles. The minimum absolute atomic E-state index is 0.145. The molecule has 0 aliphatic rings. The molecular weight excluding hydrogens is 278 g/mol. The standard InChI is InChI=1S/C17H27N3O2/c1-4-5-6-7-8-12-16(21)18-19-17(22)14-10-9-11-15(13-14)20(2)3/h9-11,13H,4-8,12H2,1-3H3,(H,18,21)(H,19,22). The SMILES string of the molecule is CCCCCCCC(=O)NNC(=O)c1cccc(N(C)C)c1. The smallest absolute Gasteiger partial charge is 0.269 e. The summed E-state index contributed by atoms with van der Waals surface area (Å²) < 4.78 is 0.